The second-order valence-electron chi connectivity index (χ2n) is 4.99. The molecule has 0 saturated heterocycles. The van der Waals surface area contributed by atoms with E-state index in [1.165, 1.54) is 0 Å². The van der Waals surface area contributed by atoms with Gasteiger partial charge >= 0.3 is 0 Å². The minimum absolute atomic E-state index is 0.0224. The van der Waals surface area contributed by atoms with E-state index in [1.807, 2.05) is 56.3 Å². The van der Waals surface area contributed by atoms with Crippen molar-refractivity contribution in [3.63, 3.8) is 0 Å². The Kier molecular flexibility index (Phi) is 4.57. The van der Waals surface area contributed by atoms with E-state index in [4.69, 9.17) is 4.74 Å². The summed E-state index contributed by atoms with van der Waals surface area (Å²) in [6.45, 7) is 6.67. The summed E-state index contributed by atoms with van der Waals surface area (Å²) in [5.74, 6) is 0.688. The first kappa shape index (κ1) is 14.3. The van der Waals surface area contributed by atoms with Crippen LogP contribution in [0.4, 0.5) is 0 Å². The number of para-hydroxylation sites is 1. The maximum Gasteiger partial charge on any atom is 0.197 e. The molecule has 2 heteroatoms. The second-order valence-corrected chi connectivity index (χ2v) is 4.99. The van der Waals surface area contributed by atoms with Crippen LogP contribution < -0.4 is 4.74 Å². The van der Waals surface area contributed by atoms with E-state index in [0.717, 1.165) is 23.1 Å². The van der Waals surface area contributed by atoms with E-state index in [9.17, 15) is 4.79 Å². The van der Waals surface area contributed by atoms with Crippen LogP contribution in [0.5, 0.6) is 5.75 Å². The van der Waals surface area contributed by atoms with Crippen LogP contribution in [0.1, 0.15) is 40.4 Å². The van der Waals surface area contributed by atoms with Crippen LogP contribution in [0, 0.1) is 13.8 Å². The third-order valence-corrected chi connectivity index (χ3v) is 3.22. The molecule has 0 atom stereocenters. The molecule has 2 aromatic carbocycles. The zero-order chi connectivity index (χ0) is 14.5. The molecule has 0 bridgehead atoms. The number of benzene rings is 2. The first-order valence-electron chi connectivity index (χ1n) is 6.97. The lowest BCUT2D eigenvalue weighted by molar-refractivity contribution is 0.103. The number of ether oxygens (including phenoxy) is 1. The fraction of sp³-hybridized carbons (Fsp3) is 0.278. The minimum atomic E-state index is 0.0224. The third-order valence-electron chi connectivity index (χ3n) is 3.22. The molecule has 2 aromatic rings. The SMILES string of the molecule is CCCOc1ccccc1C(=O)c1ccc(C)cc1C. The molecular weight excluding hydrogens is 248 g/mol. The Labute approximate surface area is 120 Å². The van der Waals surface area contributed by atoms with Gasteiger partial charge in [-0.25, -0.2) is 0 Å². The predicted molar refractivity (Wildman–Crippen MR) is 81.6 cm³/mol. The fourth-order valence-corrected chi connectivity index (χ4v) is 2.21. The van der Waals surface area contributed by atoms with Gasteiger partial charge in [0.2, 0.25) is 0 Å². The molecule has 0 radical (unpaired) electrons. The highest BCUT2D eigenvalue weighted by Gasteiger charge is 2.16. The predicted octanol–water partition coefficient (Wildman–Crippen LogP) is 4.32. The van der Waals surface area contributed by atoms with Crippen molar-refractivity contribution < 1.29 is 9.53 Å². The summed E-state index contributed by atoms with van der Waals surface area (Å²) < 4.78 is 5.67. The number of hydrogen-bond donors (Lipinski definition) is 0. The Morgan fingerprint density at radius 1 is 1.05 bits per heavy atom. The number of carbonyl (C=O) groups excluding carboxylic acids is 1. The van der Waals surface area contributed by atoms with Gasteiger partial charge in [-0.2, -0.15) is 0 Å². The van der Waals surface area contributed by atoms with Crippen molar-refractivity contribution in [2.45, 2.75) is 27.2 Å². The molecule has 2 rings (SSSR count). The van der Waals surface area contributed by atoms with Crippen LogP contribution in [0.2, 0.25) is 0 Å². The normalized spacial score (nSPS) is 10.3. The molecule has 0 fully saturated rings. The lowest BCUT2D eigenvalue weighted by Crippen LogP contribution is -2.07. The van der Waals surface area contributed by atoms with Gasteiger partial charge in [-0.05, 0) is 38.0 Å². The first-order valence-corrected chi connectivity index (χ1v) is 6.97. The molecule has 0 aromatic heterocycles. The van der Waals surface area contributed by atoms with Crippen LogP contribution in [0.15, 0.2) is 42.5 Å². The van der Waals surface area contributed by atoms with Gasteiger partial charge in [-0.3, -0.25) is 4.79 Å². The summed E-state index contributed by atoms with van der Waals surface area (Å²) in [5.41, 5.74) is 3.53. The van der Waals surface area contributed by atoms with Crippen molar-refractivity contribution in [3.05, 3.63) is 64.7 Å². The molecule has 0 saturated carbocycles. The minimum Gasteiger partial charge on any atom is -0.493 e. The smallest absolute Gasteiger partial charge is 0.197 e. The van der Waals surface area contributed by atoms with Crippen molar-refractivity contribution in [1.82, 2.24) is 0 Å². The standard InChI is InChI=1S/C18H20O2/c1-4-11-20-17-8-6-5-7-16(17)18(19)15-10-9-13(2)12-14(15)3/h5-10,12H,4,11H2,1-3H3. The van der Waals surface area contributed by atoms with Gasteiger partial charge in [-0.15, -0.1) is 0 Å². The Bertz CT molecular complexity index is 615. The maximum absolute atomic E-state index is 12.7. The lowest BCUT2D eigenvalue weighted by Gasteiger charge is -2.11. The van der Waals surface area contributed by atoms with Crippen LogP contribution in [-0.4, -0.2) is 12.4 Å². The van der Waals surface area contributed by atoms with Crippen molar-refractivity contribution in [2.24, 2.45) is 0 Å². The third kappa shape index (κ3) is 3.08. The highest BCUT2D eigenvalue weighted by atomic mass is 16.5. The van der Waals surface area contributed by atoms with Gasteiger partial charge in [0, 0.05) is 5.56 Å². The van der Waals surface area contributed by atoms with Crippen molar-refractivity contribution in [1.29, 1.82) is 0 Å². The summed E-state index contributed by atoms with van der Waals surface area (Å²) >= 11 is 0. The average molecular weight is 268 g/mol. The molecule has 2 nitrogen and oxygen atoms in total. The Morgan fingerprint density at radius 3 is 2.50 bits per heavy atom. The molecule has 20 heavy (non-hydrogen) atoms. The number of ketones is 1. The first-order chi connectivity index (χ1) is 9.63. The van der Waals surface area contributed by atoms with Crippen molar-refractivity contribution in [2.75, 3.05) is 6.61 Å². The number of rotatable bonds is 5. The van der Waals surface area contributed by atoms with Crippen molar-refractivity contribution >= 4 is 5.78 Å². The molecule has 0 heterocycles. The highest BCUT2D eigenvalue weighted by Crippen LogP contribution is 2.23. The summed E-state index contributed by atoms with van der Waals surface area (Å²) in [4.78, 5) is 12.7. The Morgan fingerprint density at radius 2 is 1.80 bits per heavy atom. The molecule has 104 valence electrons. The van der Waals surface area contributed by atoms with E-state index in [0.29, 0.717) is 17.9 Å². The summed E-state index contributed by atoms with van der Waals surface area (Å²) in [6.07, 6.45) is 0.923. The van der Waals surface area contributed by atoms with E-state index >= 15 is 0 Å². The van der Waals surface area contributed by atoms with Crippen LogP contribution in [0.25, 0.3) is 0 Å². The van der Waals surface area contributed by atoms with Crippen LogP contribution in [-0.2, 0) is 0 Å². The van der Waals surface area contributed by atoms with E-state index in [-0.39, 0.29) is 5.78 Å². The number of hydrogen-bond acceptors (Lipinski definition) is 2. The van der Waals surface area contributed by atoms with Gasteiger partial charge in [0.15, 0.2) is 5.78 Å². The number of carbonyl (C=O) groups is 1. The summed E-state index contributed by atoms with van der Waals surface area (Å²) in [5, 5.41) is 0. The molecule has 0 aliphatic heterocycles. The highest BCUT2D eigenvalue weighted by molar-refractivity contribution is 6.11. The fourth-order valence-electron chi connectivity index (χ4n) is 2.21. The Hall–Kier alpha value is -2.09. The molecular formula is C18H20O2. The second kappa shape index (κ2) is 6.38. The van der Waals surface area contributed by atoms with Gasteiger partial charge in [-0.1, -0.05) is 42.8 Å². The van der Waals surface area contributed by atoms with Gasteiger partial charge in [0.25, 0.3) is 0 Å². The molecule has 0 amide bonds. The molecule has 0 aliphatic rings. The lowest BCUT2D eigenvalue weighted by atomic mass is 9.97. The largest absolute Gasteiger partial charge is 0.493 e. The molecule has 0 N–H and O–H groups in total. The monoisotopic (exact) mass is 268 g/mol. The van der Waals surface area contributed by atoms with E-state index < -0.39 is 0 Å². The van der Waals surface area contributed by atoms with Crippen LogP contribution >= 0.6 is 0 Å². The number of aryl methyl sites for hydroxylation is 2. The molecule has 0 aliphatic carbocycles. The van der Waals surface area contributed by atoms with Gasteiger partial charge < -0.3 is 4.74 Å². The summed E-state index contributed by atoms with van der Waals surface area (Å²) in [6, 6.07) is 13.3. The molecule has 0 spiro atoms. The van der Waals surface area contributed by atoms with E-state index in [2.05, 4.69) is 6.92 Å². The zero-order valence-electron chi connectivity index (χ0n) is 12.3. The van der Waals surface area contributed by atoms with Gasteiger partial charge in [0.1, 0.15) is 5.75 Å². The quantitative estimate of drug-likeness (QED) is 0.755. The summed E-state index contributed by atoms with van der Waals surface area (Å²) in [7, 11) is 0. The Balaban J connectivity index is 2.38. The van der Waals surface area contributed by atoms with Gasteiger partial charge in [0.05, 0.1) is 12.2 Å². The molecule has 0 unspecified atom stereocenters. The zero-order valence-corrected chi connectivity index (χ0v) is 12.3. The average Bonchev–Trinajstić information content (AvgIpc) is 2.45. The topological polar surface area (TPSA) is 26.3 Å². The van der Waals surface area contributed by atoms with Crippen LogP contribution in [0.3, 0.4) is 0 Å². The van der Waals surface area contributed by atoms with Crippen molar-refractivity contribution in [3.8, 4) is 5.75 Å². The van der Waals surface area contributed by atoms with E-state index in [1.54, 1.807) is 0 Å². The maximum atomic E-state index is 12.7.